The molecule has 0 atom stereocenters. The van der Waals surface area contributed by atoms with Gasteiger partial charge in [0.15, 0.2) is 5.82 Å². The minimum absolute atomic E-state index is 0.250. The van der Waals surface area contributed by atoms with Gasteiger partial charge in [-0.1, -0.05) is 0 Å². The van der Waals surface area contributed by atoms with Gasteiger partial charge >= 0.3 is 0 Å². The number of amides is 1. The second kappa shape index (κ2) is 11.8. The van der Waals surface area contributed by atoms with Crippen LogP contribution in [0.2, 0.25) is 0 Å². The molecule has 2 aromatic heterocycles. The summed E-state index contributed by atoms with van der Waals surface area (Å²) in [5.74, 6) is 0.917. The molecule has 0 radical (unpaired) electrons. The molecule has 0 saturated carbocycles. The van der Waals surface area contributed by atoms with Crippen LogP contribution in [-0.4, -0.2) is 73.5 Å². The Morgan fingerprint density at radius 3 is 2.65 bits per heavy atom. The molecule has 1 aromatic carbocycles. The molecule has 3 aromatic rings. The van der Waals surface area contributed by atoms with Crippen molar-refractivity contribution in [2.45, 2.75) is 6.54 Å². The van der Waals surface area contributed by atoms with Crippen molar-refractivity contribution in [1.82, 2.24) is 20.1 Å². The highest BCUT2D eigenvalue weighted by molar-refractivity contribution is 5.70. The van der Waals surface area contributed by atoms with Crippen molar-refractivity contribution >= 4 is 30.3 Å². The third kappa shape index (κ3) is 6.07. The van der Waals surface area contributed by atoms with Crippen molar-refractivity contribution in [3.63, 3.8) is 0 Å². The molecule has 1 aliphatic rings. The highest BCUT2D eigenvalue weighted by Gasteiger charge is 2.16. The van der Waals surface area contributed by atoms with E-state index in [9.17, 15) is 4.39 Å². The van der Waals surface area contributed by atoms with Crippen LogP contribution in [0.5, 0.6) is 5.75 Å². The van der Waals surface area contributed by atoms with Crippen LogP contribution in [0.25, 0.3) is 11.3 Å². The number of ether oxygens (including phenoxy) is 1. The first-order valence-electron chi connectivity index (χ1n) is 10.7. The van der Waals surface area contributed by atoms with Crippen molar-refractivity contribution < 1.29 is 13.9 Å². The monoisotopic (exact) mass is 468 g/mol. The van der Waals surface area contributed by atoms with Gasteiger partial charge in [-0.15, -0.1) is 0 Å². The van der Waals surface area contributed by atoms with Crippen LogP contribution in [0, 0.1) is 5.82 Å². The van der Waals surface area contributed by atoms with E-state index in [1.807, 2.05) is 24.4 Å². The number of rotatable bonds is 7. The van der Waals surface area contributed by atoms with Crippen LogP contribution in [0.1, 0.15) is 5.69 Å². The van der Waals surface area contributed by atoms with E-state index < -0.39 is 5.82 Å². The van der Waals surface area contributed by atoms with Crippen LogP contribution in [-0.2, 0) is 11.3 Å². The Morgan fingerprint density at radius 1 is 1.29 bits per heavy atom. The number of H-pyrrole nitrogens is 1. The summed E-state index contributed by atoms with van der Waals surface area (Å²) in [5.41, 5.74) is 7.34. The number of likely N-dealkylation sites (N-methyl/N-ethyl adjacent to an activating group) is 1. The number of nitrogens with zero attached hydrogens (tertiary/aromatic N) is 5. The van der Waals surface area contributed by atoms with Gasteiger partial charge in [0.1, 0.15) is 11.6 Å². The molecule has 3 heterocycles. The van der Waals surface area contributed by atoms with Gasteiger partial charge in [0.2, 0.25) is 6.41 Å². The van der Waals surface area contributed by atoms with E-state index in [2.05, 4.69) is 54.8 Å². The minimum atomic E-state index is -0.454. The van der Waals surface area contributed by atoms with Crippen LogP contribution >= 0.6 is 0 Å². The number of benzene rings is 1. The molecule has 4 N–H and O–H groups in total. The third-order valence-electron chi connectivity index (χ3n) is 5.41. The lowest BCUT2D eigenvalue weighted by molar-refractivity contribution is -0.106. The number of halogens is 1. The minimum Gasteiger partial charge on any atom is -0.497 e. The van der Waals surface area contributed by atoms with E-state index >= 15 is 0 Å². The first kappa shape index (κ1) is 24.6. The molecule has 0 aliphatic carbocycles. The number of hydrogen-bond donors (Lipinski definition) is 3. The summed E-state index contributed by atoms with van der Waals surface area (Å²) >= 11 is 0. The van der Waals surface area contributed by atoms with Crippen molar-refractivity contribution in [1.29, 1.82) is 0 Å². The summed E-state index contributed by atoms with van der Waals surface area (Å²) in [4.78, 5) is 21.7. The fourth-order valence-electron chi connectivity index (χ4n) is 3.53. The summed E-state index contributed by atoms with van der Waals surface area (Å²) in [7, 11) is 3.61. The van der Waals surface area contributed by atoms with E-state index in [1.165, 1.54) is 13.2 Å². The highest BCUT2D eigenvalue weighted by Crippen LogP contribution is 2.33. The van der Waals surface area contributed by atoms with E-state index in [4.69, 9.17) is 9.53 Å². The Balaban J connectivity index is 0.00000103. The van der Waals surface area contributed by atoms with Gasteiger partial charge < -0.3 is 25.6 Å². The normalized spacial score (nSPS) is 13.6. The molecule has 1 fully saturated rings. The number of carbonyl (C=O) groups is 1. The molecule has 0 spiro atoms. The van der Waals surface area contributed by atoms with Gasteiger partial charge in [-0.05, 0) is 32.0 Å². The van der Waals surface area contributed by atoms with Gasteiger partial charge in [0.05, 0.1) is 36.4 Å². The number of methoxy groups -OCH3 is 1. The molecule has 180 valence electrons. The number of nitrogens with two attached hydrogens (primary N) is 1. The first-order valence-corrected chi connectivity index (χ1v) is 10.7. The molecule has 34 heavy (non-hydrogen) atoms. The maximum atomic E-state index is 14.4. The quantitative estimate of drug-likeness (QED) is 0.359. The number of aromatic nitrogens is 3. The Hall–Kier alpha value is -3.99. The van der Waals surface area contributed by atoms with E-state index in [1.54, 1.807) is 6.07 Å². The summed E-state index contributed by atoms with van der Waals surface area (Å²) in [6, 6.07) is 8.91. The number of carbonyl (C=O) groups excluding carboxylic acids is 1. The van der Waals surface area contributed by atoms with Crippen molar-refractivity contribution in [3.8, 4) is 17.0 Å². The number of piperazine rings is 1. The molecule has 4 rings (SSSR count). The number of aromatic amines is 1. The zero-order valence-corrected chi connectivity index (χ0v) is 19.3. The topological polar surface area (TPSA) is 125 Å². The molecule has 0 bridgehead atoms. The van der Waals surface area contributed by atoms with Crippen molar-refractivity contribution in [3.05, 3.63) is 48.0 Å². The number of primary amides is 1. The predicted octanol–water partition coefficient (Wildman–Crippen LogP) is 2.42. The molecule has 1 amide bonds. The number of anilines is 2. The van der Waals surface area contributed by atoms with Crippen LogP contribution in [0.4, 0.5) is 21.6 Å². The second-order valence-electron chi connectivity index (χ2n) is 7.62. The van der Waals surface area contributed by atoms with E-state index in [0.29, 0.717) is 18.0 Å². The molecule has 0 unspecified atom stereocenters. The van der Waals surface area contributed by atoms with E-state index in [-0.39, 0.29) is 12.1 Å². The molecule has 10 nitrogen and oxygen atoms in total. The lowest BCUT2D eigenvalue weighted by Crippen LogP contribution is -2.44. The Bertz CT molecular complexity index is 1090. The van der Waals surface area contributed by atoms with Gasteiger partial charge in [0.25, 0.3) is 0 Å². The van der Waals surface area contributed by atoms with Crippen molar-refractivity contribution in [2.24, 2.45) is 10.7 Å². The maximum absolute atomic E-state index is 14.4. The van der Waals surface area contributed by atoms with Gasteiger partial charge in [-0.3, -0.25) is 14.9 Å². The van der Waals surface area contributed by atoms with Crippen molar-refractivity contribution in [2.75, 3.05) is 50.6 Å². The SMILES string of the molecule is C=Nc1cc(OC)cc(F)c1NCc1cc(-c2ccc(N3CCN(C)CC3)nc2)n[nH]1.NC=O. The summed E-state index contributed by atoms with van der Waals surface area (Å²) in [6.07, 6.45) is 2.09. The Morgan fingerprint density at radius 2 is 2.03 bits per heavy atom. The molecular weight excluding hydrogens is 439 g/mol. The lowest BCUT2D eigenvalue weighted by Gasteiger charge is -2.33. The number of hydrogen-bond acceptors (Lipinski definition) is 8. The van der Waals surface area contributed by atoms with Crippen LogP contribution in [0.15, 0.2) is 41.5 Å². The zero-order valence-electron chi connectivity index (χ0n) is 19.3. The predicted molar refractivity (Wildman–Crippen MR) is 131 cm³/mol. The third-order valence-corrected chi connectivity index (χ3v) is 5.41. The average Bonchev–Trinajstić information content (AvgIpc) is 3.33. The summed E-state index contributed by atoms with van der Waals surface area (Å²) < 4.78 is 19.5. The summed E-state index contributed by atoms with van der Waals surface area (Å²) in [5, 5.41) is 10.4. The zero-order chi connectivity index (χ0) is 24.5. The molecule has 1 saturated heterocycles. The second-order valence-corrected chi connectivity index (χ2v) is 7.62. The first-order chi connectivity index (χ1) is 16.5. The number of aliphatic imine (C=N–C) groups is 1. The van der Waals surface area contributed by atoms with Gasteiger partial charge in [0, 0.05) is 50.1 Å². The number of pyridine rings is 1. The number of nitrogens with one attached hydrogen (secondary N) is 2. The molecule has 1 aliphatic heterocycles. The van der Waals surface area contributed by atoms with Crippen LogP contribution < -0.4 is 20.7 Å². The largest absolute Gasteiger partial charge is 0.497 e. The van der Waals surface area contributed by atoms with Gasteiger partial charge in [-0.25, -0.2) is 9.37 Å². The average molecular weight is 469 g/mol. The molecule has 11 heteroatoms. The maximum Gasteiger partial charge on any atom is 0.204 e. The smallest absolute Gasteiger partial charge is 0.204 e. The van der Waals surface area contributed by atoms with Gasteiger partial charge in [-0.2, -0.15) is 5.10 Å². The summed E-state index contributed by atoms with van der Waals surface area (Å²) in [6.45, 7) is 7.89. The Labute approximate surface area is 197 Å². The molecular formula is C23H29FN8O2. The fraction of sp³-hybridized carbons (Fsp3) is 0.304. The lowest BCUT2D eigenvalue weighted by atomic mass is 10.2. The standard InChI is InChI=1S/C22H26FN7O.CH3NO/c1-24-20-12-17(31-3)11-18(23)22(20)26-14-16-10-19(28-27-16)15-4-5-21(25-13-15)30-8-6-29(2)7-9-30;2-1-3/h4-5,10-13,26H,1,6-9,14H2,2-3H3,(H,27,28);1H,(H2,2,3). The van der Waals surface area contributed by atoms with Crippen LogP contribution in [0.3, 0.4) is 0 Å². The van der Waals surface area contributed by atoms with E-state index in [0.717, 1.165) is 48.9 Å². The Kier molecular flexibility index (Phi) is 8.52. The fourth-order valence-corrected chi connectivity index (χ4v) is 3.53. The highest BCUT2D eigenvalue weighted by atomic mass is 19.1.